The van der Waals surface area contributed by atoms with Crippen molar-refractivity contribution in [2.45, 2.75) is 12.5 Å². The van der Waals surface area contributed by atoms with Gasteiger partial charge in [0.25, 0.3) is 0 Å². The number of carboxylic acids is 1. The van der Waals surface area contributed by atoms with Gasteiger partial charge in [-0.25, -0.2) is 4.79 Å². The van der Waals surface area contributed by atoms with Gasteiger partial charge in [-0.2, -0.15) is 0 Å². The predicted octanol–water partition coefficient (Wildman–Crippen LogP) is 1.19. The van der Waals surface area contributed by atoms with Crippen molar-refractivity contribution in [2.24, 2.45) is 0 Å². The third-order valence-electron chi connectivity index (χ3n) is 2.96. The Morgan fingerprint density at radius 2 is 2.05 bits per heavy atom. The van der Waals surface area contributed by atoms with Crippen molar-refractivity contribution in [3.63, 3.8) is 0 Å². The van der Waals surface area contributed by atoms with Crippen LogP contribution in [0.3, 0.4) is 0 Å². The topological polar surface area (TPSA) is 66.8 Å². The van der Waals surface area contributed by atoms with Crippen LogP contribution in [0.1, 0.15) is 5.56 Å². The van der Waals surface area contributed by atoms with Crippen molar-refractivity contribution in [3.05, 3.63) is 34.9 Å². The number of carbonyl (C=O) groups is 2. The number of rotatable bonds is 3. The minimum Gasteiger partial charge on any atom is -0.479 e. The summed E-state index contributed by atoms with van der Waals surface area (Å²) in [6.07, 6.45) is -0.688. The number of halogens is 1. The molecule has 0 aromatic heterocycles. The number of carbonyl (C=O) groups excluding carboxylic acids is 1. The van der Waals surface area contributed by atoms with E-state index in [2.05, 4.69) is 0 Å². The normalized spacial score (nSPS) is 19.2. The second kappa shape index (κ2) is 6.04. The maximum atomic E-state index is 12.1. The van der Waals surface area contributed by atoms with Crippen molar-refractivity contribution in [1.82, 2.24) is 4.90 Å². The molecule has 0 saturated carbocycles. The van der Waals surface area contributed by atoms with Gasteiger partial charge in [0.15, 0.2) is 6.10 Å². The molecule has 5 nitrogen and oxygen atoms in total. The molecule has 1 aliphatic heterocycles. The molecule has 6 heteroatoms. The number of carboxylic acid groups (broad SMARTS) is 1. The largest absolute Gasteiger partial charge is 0.479 e. The zero-order chi connectivity index (χ0) is 13.8. The maximum absolute atomic E-state index is 12.1. The molecular formula is C13H14ClNO4. The first kappa shape index (κ1) is 13.8. The van der Waals surface area contributed by atoms with Crippen LogP contribution in [0.2, 0.25) is 5.02 Å². The third kappa shape index (κ3) is 3.68. The Morgan fingerprint density at radius 1 is 1.37 bits per heavy atom. The first-order valence-corrected chi connectivity index (χ1v) is 6.30. The van der Waals surface area contributed by atoms with E-state index in [0.29, 0.717) is 11.6 Å². The molecule has 2 rings (SSSR count). The molecule has 1 aliphatic rings. The minimum absolute atomic E-state index is 0.0990. The van der Waals surface area contributed by atoms with E-state index >= 15 is 0 Å². The highest BCUT2D eigenvalue weighted by atomic mass is 35.5. The summed E-state index contributed by atoms with van der Waals surface area (Å²) in [7, 11) is 0. The van der Waals surface area contributed by atoms with Crippen molar-refractivity contribution in [3.8, 4) is 0 Å². The summed E-state index contributed by atoms with van der Waals surface area (Å²) in [6.45, 7) is 0.779. The average molecular weight is 284 g/mol. The average Bonchev–Trinajstić information content (AvgIpc) is 2.41. The van der Waals surface area contributed by atoms with Gasteiger partial charge in [-0.15, -0.1) is 0 Å². The molecule has 1 atom stereocenters. The van der Waals surface area contributed by atoms with E-state index in [4.69, 9.17) is 21.4 Å². The Morgan fingerprint density at radius 3 is 2.68 bits per heavy atom. The van der Waals surface area contributed by atoms with E-state index in [9.17, 15) is 9.59 Å². The van der Waals surface area contributed by atoms with Crippen molar-refractivity contribution in [1.29, 1.82) is 0 Å². The van der Waals surface area contributed by atoms with Gasteiger partial charge in [-0.05, 0) is 17.7 Å². The molecule has 1 saturated heterocycles. The summed E-state index contributed by atoms with van der Waals surface area (Å²) in [5, 5.41) is 9.50. The van der Waals surface area contributed by atoms with E-state index in [1.54, 1.807) is 24.3 Å². The zero-order valence-electron chi connectivity index (χ0n) is 10.2. The van der Waals surface area contributed by atoms with Crippen molar-refractivity contribution >= 4 is 23.5 Å². The van der Waals surface area contributed by atoms with Gasteiger partial charge >= 0.3 is 5.97 Å². The second-order valence-corrected chi connectivity index (χ2v) is 4.78. The molecule has 0 aliphatic carbocycles. The smallest absolute Gasteiger partial charge is 0.334 e. The summed E-state index contributed by atoms with van der Waals surface area (Å²) in [6, 6.07) is 7.03. The highest BCUT2D eigenvalue weighted by Gasteiger charge is 2.28. The lowest BCUT2D eigenvalue weighted by atomic mass is 10.1. The number of benzene rings is 1. The van der Waals surface area contributed by atoms with Crippen LogP contribution in [0.25, 0.3) is 0 Å². The van der Waals surface area contributed by atoms with E-state index in [-0.39, 0.29) is 25.5 Å². The monoisotopic (exact) mass is 283 g/mol. The molecule has 1 heterocycles. The van der Waals surface area contributed by atoms with Gasteiger partial charge in [0.2, 0.25) is 5.91 Å². The number of nitrogens with zero attached hydrogens (tertiary/aromatic N) is 1. The number of morpholine rings is 1. The van der Waals surface area contributed by atoms with E-state index in [0.717, 1.165) is 5.56 Å². The zero-order valence-corrected chi connectivity index (χ0v) is 11.0. The van der Waals surface area contributed by atoms with Gasteiger partial charge in [0.1, 0.15) is 0 Å². The number of amides is 1. The Hall–Kier alpha value is -1.59. The molecule has 1 N–H and O–H groups in total. The number of hydrogen-bond donors (Lipinski definition) is 1. The highest BCUT2D eigenvalue weighted by Crippen LogP contribution is 2.12. The van der Waals surface area contributed by atoms with E-state index in [1.807, 2.05) is 0 Å². The third-order valence-corrected chi connectivity index (χ3v) is 3.22. The molecule has 0 unspecified atom stereocenters. The quantitative estimate of drug-likeness (QED) is 0.905. The fraction of sp³-hybridized carbons (Fsp3) is 0.385. The van der Waals surface area contributed by atoms with Gasteiger partial charge in [-0.3, -0.25) is 4.79 Å². The fourth-order valence-corrected chi connectivity index (χ4v) is 2.04. The van der Waals surface area contributed by atoms with Crippen LogP contribution in [0.4, 0.5) is 0 Å². The standard InChI is InChI=1S/C13H14ClNO4/c14-10-3-1-9(2-4-10)7-12(16)15-5-6-19-11(8-15)13(17)18/h1-4,11H,5-8H2,(H,17,18)/t11-/m1/s1. The first-order valence-electron chi connectivity index (χ1n) is 5.93. The van der Waals surface area contributed by atoms with Gasteiger partial charge in [-0.1, -0.05) is 23.7 Å². The van der Waals surface area contributed by atoms with E-state index in [1.165, 1.54) is 4.90 Å². The summed E-state index contributed by atoms with van der Waals surface area (Å²) >= 11 is 5.77. The Bertz CT molecular complexity index is 474. The van der Waals surface area contributed by atoms with Gasteiger partial charge in [0.05, 0.1) is 19.6 Å². The summed E-state index contributed by atoms with van der Waals surface area (Å²) in [5.74, 6) is -1.14. The van der Waals surface area contributed by atoms with Crippen LogP contribution in [0.5, 0.6) is 0 Å². The molecule has 0 radical (unpaired) electrons. The summed E-state index contributed by atoms with van der Waals surface area (Å²) in [4.78, 5) is 24.4. The number of hydrogen-bond acceptors (Lipinski definition) is 3. The molecule has 1 aromatic rings. The molecule has 0 bridgehead atoms. The minimum atomic E-state index is -1.04. The first-order chi connectivity index (χ1) is 9.06. The van der Waals surface area contributed by atoms with Crippen LogP contribution < -0.4 is 0 Å². The highest BCUT2D eigenvalue weighted by molar-refractivity contribution is 6.30. The van der Waals surface area contributed by atoms with Gasteiger partial charge < -0.3 is 14.7 Å². The van der Waals surface area contributed by atoms with Crippen LogP contribution in [-0.4, -0.2) is 47.7 Å². The Balaban J connectivity index is 1.96. The van der Waals surface area contributed by atoms with Crippen molar-refractivity contribution < 1.29 is 19.4 Å². The van der Waals surface area contributed by atoms with E-state index < -0.39 is 12.1 Å². The van der Waals surface area contributed by atoms with Crippen LogP contribution >= 0.6 is 11.6 Å². The number of ether oxygens (including phenoxy) is 1. The summed E-state index contributed by atoms with van der Waals surface area (Å²) < 4.78 is 5.07. The Labute approximate surface area is 115 Å². The second-order valence-electron chi connectivity index (χ2n) is 4.34. The lowest BCUT2D eigenvalue weighted by molar-refractivity contribution is -0.159. The summed E-state index contributed by atoms with van der Waals surface area (Å²) in [5.41, 5.74) is 0.854. The Kier molecular flexibility index (Phi) is 4.39. The molecule has 0 spiro atoms. The molecule has 102 valence electrons. The molecule has 1 fully saturated rings. The predicted molar refractivity (Wildman–Crippen MR) is 69.1 cm³/mol. The van der Waals surface area contributed by atoms with Crippen LogP contribution in [0, 0.1) is 0 Å². The van der Waals surface area contributed by atoms with Crippen LogP contribution in [0.15, 0.2) is 24.3 Å². The SMILES string of the molecule is O=C(O)[C@H]1CN(C(=O)Cc2ccc(Cl)cc2)CCO1. The van der Waals surface area contributed by atoms with Crippen molar-refractivity contribution in [2.75, 3.05) is 19.7 Å². The molecule has 1 amide bonds. The lowest BCUT2D eigenvalue weighted by Gasteiger charge is -2.31. The molecule has 1 aromatic carbocycles. The lowest BCUT2D eigenvalue weighted by Crippen LogP contribution is -2.49. The van der Waals surface area contributed by atoms with Gasteiger partial charge in [0, 0.05) is 11.6 Å². The molecular weight excluding hydrogens is 270 g/mol. The number of aliphatic carboxylic acids is 1. The fourth-order valence-electron chi connectivity index (χ4n) is 1.91. The molecule has 19 heavy (non-hydrogen) atoms. The van der Waals surface area contributed by atoms with Crippen LogP contribution in [-0.2, 0) is 20.7 Å². The maximum Gasteiger partial charge on any atom is 0.334 e.